The Kier molecular flexibility index (Phi) is 5.27. The van der Waals surface area contributed by atoms with E-state index in [9.17, 15) is 13.2 Å². The molecule has 0 saturated carbocycles. The molecule has 144 valence electrons. The number of carbonyl (C=O) groups excluding carboxylic acids is 1. The fourth-order valence-corrected chi connectivity index (χ4v) is 3.37. The highest BCUT2D eigenvalue weighted by atomic mass is 32.2. The molecule has 1 aliphatic rings. The average molecular weight is 390 g/mol. The maximum atomic E-state index is 12.5. The van der Waals surface area contributed by atoms with E-state index in [1.165, 1.54) is 17.0 Å². The number of para-hydroxylation sites is 2. The van der Waals surface area contributed by atoms with Gasteiger partial charge >= 0.3 is 6.03 Å². The molecule has 3 rings (SSSR count). The number of benzene rings is 2. The zero-order valence-electron chi connectivity index (χ0n) is 15.4. The number of sulfone groups is 1. The fraction of sp³-hybridized carbons (Fsp3) is 0.316. The highest BCUT2D eigenvalue weighted by Gasteiger charge is 2.24. The van der Waals surface area contributed by atoms with Gasteiger partial charge < -0.3 is 19.7 Å². The van der Waals surface area contributed by atoms with E-state index in [1.807, 2.05) is 24.3 Å². The van der Waals surface area contributed by atoms with Gasteiger partial charge in [-0.25, -0.2) is 13.2 Å². The van der Waals surface area contributed by atoms with E-state index in [4.69, 9.17) is 9.47 Å². The third-order valence-corrected chi connectivity index (χ3v) is 5.38. The van der Waals surface area contributed by atoms with Crippen molar-refractivity contribution in [2.45, 2.75) is 17.9 Å². The van der Waals surface area contributed by atoms with Crippen LogP contribution in [-0.4, -0.2) is 51.9 Å². The SMILES string of the molecule is Cc1ccc(S(C)(=O)=O)cc1NC(=O)N(C)C[C@@H]1COc2ccccc2O1. The molecule has 2 amide bonds. The van der Waals surface area contributed by atoms with Crippen LogP contribution in [0, 0.1) is 6.92 Å². The highest BCUT2D eigenvalue weighted by molar-refractivity contribution is 7.90. The number of nitrogens with zero attached hydrogens (tertiary/aromatic N) is 1. The van der Waals surface area contributed by atoms with Gasteiger partial charge in [0, 0.05) is 19.0 Å². The fourth-order valence-electron chi connectivity index (χ4n) is 2.72. The van der Waals surface area contributed by atoms with Crippen molar-refractivity contribution in [2.75, 3.05) is 31.8 Å². The summed E-state index contributed by atoms with van der Waals surface area (Å²) in [5, 5.41) is 2.76. The first-order valence-corrected chi connectivity index (χ1v) is 10.3. The van der Waals surface area contributed by atoms with Gasteiger partial charge in [0.2, 0.25) is 0 Å². The number of nitrogens with one attached hydrogen (secondary N) is 1. The van der Waals surface area contributed by atoms with Crippen LogP contribution in [-0.2, 0) is 9.84 Å². The van der Waals surface area contributed by atoms with Crippen molar-refractivity contribution in [1.82, 2.24) is 4.90 Å². The second-order valence-corrected chi connectivity index (χ2v) is 8.57. The summed E-state index contributed by atoms with van der Waals surface area (Å²) in [6.45, 7) is 2.47. The largest absolute Gasteiger partial charge is 0.486 e. The Hall–Kier alpha value is -2.74. The number of carbonyl (C=O) groups is 1. The van der Waals surface area contributed by atoms with Crippen LogP contribution in [0.15, 0.2) is 47.4 Å². The summed E-state index contributed by atoms with van der Waals surface area (Å²) in [4.78, 5) is 14.2. The normalized spacial score (nSPS) is 15.9. The molecule has 8 heteroatoms. The second kappa shape index (κ2) is 7.48. The number of rotatable bonds is 4. The topological polar surface area (TPSA) is 84.9 Å². The molecule has 1 N–H and O–H groups in total. The summed E-state index contributed by atoms with van der Waals surface area (Å²) >= 11 is 0. The maximum absolute atomic E-state index is 12.5. The lowest BCUT2D eigenvalue weighted by atomic mass is 10.2. The predicted octanol–water partition coefficient (Wildman–Crippen LogP) is 2.70. The van der Waals surface area contributed by atoms with E-state index in [0.29, 0.717) is 30.3 Å². The number of amides is 2. The summed E-state index contributed by atoms with van der Waals surface area (Å²) in [6, 6.07) is 11.7. The van der Waals surface area contributed by atoms with Crippen molar-refractivity contribution < 1.29 is 22.7 Å². The lowest BCUT2D eigenvalue weighted by Crippen LogP contribution is -2.43. The van der Waals surface area contributed by atoms with Crippen LogP contribution in [0.1, 0.15) is 5.56 Å². The van der Waals surface area contributed by atoms with Crippen LogP contribution in [0.3, 0.4) is 0 Å². The molecule has 7 nitrogen and oxygen atoms in total. The lowest BCUT2D eigenvalue weighted by molar-refractivity contribution is 0.0731. The molecule has 0 aromatic heterocycles. The smallest absolute Gasteiger partial charge is 0.321 e. The standard InChI is InChI=1S/C19H22N2O5S/c1-13-8-9-15(27(3,23)24)10-16(13)20-19(22)21(2)11-14-12-25-17-6-4-5-7-18(17)26-14/h4-10,14H,11-12H2,1-3H3,(H,20,22)/t14-/m1/s1. The molecular weight excluding hydrogens is 368 g/mol. The third-order valence-electron chi connectivity index (χ3n) is 4.27. The van der Waals surface area contributed by atoms with Crippen LogP contribution in [0.2, 0.25) is 0 Å². The molecule has 0 saturated heterocycles. The number of fused-ring (bicyclic) bond motifs is 1. The first kappa shape index (κ1) is 19.0. The van der Waals surface area contributed by atoms with Crippen LogP contribution in [0.4, 0.5) is 10.5 Å². The molecule has 0 fully saturated rings. The molecule has 0 radical (unpaired) electrons. The Morgan fingerprint density at radius 1 is 1.22 bits per heavy atom. The Bertz CT molecular complexity index is 958. The van der Waals surface area contributed by atoms with Crippen molar-refractivity contribution in [1.29, 1.82) is 0 Å². The monoisotopic (exact) mass is 390 g/mol. The first-order valence-electron chi connectivity index (χ1n) is 8.45. The molecule has 1 aliphatic heterocycles. The Labute approximate surface area is 158 Å². The molecule has 0 bridgehead atoms. The molecule has 1 heterocycles. The minimum atomic E-state index is -3.35. The summed E-state index contributed by atoms with van der Waals surface area (Å²) in [7, 11) is -1.70. The van der Waals surface area contributed by atoms with Crippen LogP contribution in [0.25, 0.3) is 0 Å². The molecule has 2 aromatic rings. The van der Waals surface area contributed by atoms with Gasteiger partial charge in [-0.05, 0) is 36.8 Å². The van der Waals surface area contributed by atoms with Gasteiger partial charge in [0.15, 0.2) is 27.4 Å². The summed E-state index contributed by atoms with van der Waals surface area (Å²) < 4.78 is 35.0. The molecule has 0 spiro atoms. The van der Waals surface area contributed by atoms with Gasteiger partial charge in [0.05, 0.1) is 11.4 Å². The minimum absolute atomic E-state index is 0.159. The zero-order valence-corrected chi connectivity index (χ0v) is 16.2. The van der Waals surface area contributed by atoms with E-state index in [2.05, 4.69) is 5.32 Å². The van der Waals surface area contributed by atoms with E-state index < -0.39 is 9.84 Å². The number of hydrogen-bond acceptors (Lipinski definition) is 5. The minimum Gasteiger partial charge on any atom is -0.486 e. The summed E-state index contributed by atoms with van der Waals surface area (Å²) in [6.07, 6.45) is 0.840. The number of hydrogen-bond donors (Lipinski definition) is 1. The van der Waals surface area contributed by atoms with Crippen molar-refractivity contribution in [2.24, 2.45) is 0 Å². The number of aryl methyl sites for hydroxylation is 1. The van der Waals surface area contributed by atoms with E-state index in [-0.39, 0.29) is 17.0 Å². The Morgan fingerprint density at radius 3 is 2.63 bits per heavy atom. The summed E-state index contributed by atoms with van der Waals surface area (Å²) in [5.41, 5.74) is 1.23. The third kappa shape index (κ3) is 4.51. The molecule has 0 unspecified atom stereocenters. The van der Waals surface area contributed by atoms with Gasteiger partial charge in [-0.2, -0.15) is 0 Å². The van der Waals surface area contributed by atoms with Gasteiger partial charge in [-0.1, -0.05) is 18.2 Å². The van der Waals surface area contributed by atoms with Crippen molar-refractivity contribution in [3.8, 4) is 11.5 Å². The predicted molar refractivity (Wildman–Crippen MR) is 102 cm³/mol. The number of anilines is 1. The van der Waals surface area contributed by atoms with Gasteiger partial charge in [0.1, 0.15) is 6.61 Å². The number of ether oxygens (including phenoxy) is 2. The van der Waals surface area contributed by atoms with E-state index in [0.717, 1.165) is 11.8 Å². The Morgan fingerprint density at radius 2 is 1.93 bits per heavy atom. The zero-order chi connectivity index (χ0) is 19.6. The highest BCUT2D eigenvalue weighted by Crippen LogP contribution is 2.31. The van der Waals surface area contributed by atoms with E-state index in [1.54, 1.807) is 20.0 Å². The first-order chi connectivity index (χ1) is 12.7. The summed E-state index contributed by atoms with van der Waals surface area (Å²) in [5.74, 6) is 1.34. The molecule has 1 atom stereocenters. The average Bonchev–Trinajstić information content (AvgIpc) is 2.62. The van der Waals surface area contributed by atoms with Crippen LogP contribution < -0.4 is 14.8 Å². The van der Waals surface area contributed by atoms with Gasteiger partial charge in [0.25, 0.3) is 0 Å². The molecular formula is C19H22N2O5S. The van der Waals surface area contributed by atoms with Crippen molar-refractivity contribution in [3.05, 3.63) is 48.0 Å². The quantitative estimate of drug-likeness (QED) is 0.868. The Balaban J connectivity index is 1.65. The van der Waals surface area contributed by atoms with E-state index >= 15 is 0 Å². The molecule has 27 heavy (non-hydrogen) atoms. The maximum Gasteiger partial charge on any atom is 0.321 e. The second-order valence-electron chi connectivity index (χ2n) is 6.56. The van der Waals surface area contributed by atoms with Gasteiger partial charge in [-0.3, -0.25) is 0 Å². The number of urea groups is 1. The lowest BCUT2D eigenvalue weighted by Gasteiger charge is -2.29. The molecule has 2 aromatic carbocycles. The number of likely N-dealkylation sites (N-methyl/N-ethyl adjacent to an activating group) is 1. The van der Waals surface area contributed by atoms with Crippen LogP contribution >= 0.6 is 0 Å². The molecule has 0 aliphatic carbocycles. The van der Waals surface area contributed by atoms with Crippen molar-refractivity contribution in [3.63, 3.8) is 0 Å². The van der Waals surface area contributed by atoms with Crippen molar-refractivity contribution >= 4 is 21.6 Å². The van der Waals surface area contributed by atoms with Crippen LogP contribution in [0.5, 0.6) is 11.5 Å². The van der Waals surface area contributed by atoms with Gasteiger partial charge in [-0.15, -0.1) is 0 Å².